The Morgan fingerprint density at radius 1 is 1.00 bits per heavy atom. The molecule has 0 saturated carbocycles. The molecule has 0 bridgehead atoms. The van der Waals surface area contributed by atoms with Crippen molar-refractivity contribution in [2.45, 2.75) is 78.2 Å². The molecule has 4 atom stereocenters. The monoisotopic (exact) mass is 781 g/mol. The lowest BCUT2D eigenvalue weighted by Gasteiger charge is -2.38. The average molecular weight is 783 g/mol. The average Bonchev–Trinajstić information content (AvgIpc) is 3.37. The molecule has 2 heterocycles. The summed E-state index contributed by atoms with van der Waals surface area (Å²) >= 11 is 11.6. The van der Waals surface area contributed by atoms with Crippen LogP contribution < -0.4 is 0 Å². The molecule has 0 radical (unpaired) electrons. The number of nitrogens with zero attached hydrogens (tertiary/aromatic N) is 1. The van der Waals surface area contributed by atoms with Crippen LogP contribution in [-0.2, 0) is 19.9 Å². The van der Waals surface area contributed by atoms with E-state index in [-0.39, 0.29) is 33.7 Å². The van der Waals surface area contributed by atoms with Gasteiger partial charge in [-0.05, 0) is 111 Å². The van der Waals surface area contributed by atoms with Crippen molar-refractivity contribution in [3.63, 3.8) is 0 Å². The molecule has 5 rings (SSSR count). The first-order valence-electron chi connectivity index (χ1n) is 17.9. The normalized spacial score (nSPS) is 18.2. The van der Waals surface area contributed by atoms with Gasteiger partial charge in [-0.1, -0.05) is 81.2 Å². The molecule has 2 aliphatic heterocycles. The summed E-state index contributed by atoms with van der Waals surface area (Å²) in [6.45, 7) is 10.5. The van der Waals surface area contributed by atoms with Gasteiger partial charge in [-0.15, -0.1) is 0 Å². The number of hydrogen-bond donors (Lipinski definition) is 2. The highest BCUT2D eigenvalue weighted by molar-refractivity contribution is 8.31. The van der Waals surface area contributed by atoms with Gasteiger partial charge in [-0.2, -0.15) is 0 Å². The molecule has 290 valence electrons. The first-order chi connectivity index (χ1) is 24.5. The molecular formula is C41H58Cl2FNO6S. The van der Waals surface area contributed by atoms with Gasteiger partial charge in [0.2, 0.25) is 0 Å². The molecule has 3 aromatic carbocycles. The quantitative estimate of drug-likeness (QED) is 0.210. The molecule has 0 aromatic heterocycles. The third-order valence-electron chi connectivity index (χ3n) is 8.59. The Balaban J connectivity index is 0.000000563. The standard InChI is InChI=1S/C29H35ClFNO6.C6H5Cl.C4H12S.C2H6/c1-4-12-38-28(35)17(3)25(18-6-8-21(30)9-7-18)32-26(33)22-15-20(16-23(31)24(22)27(32)34)29(36,5-2)19-10-13-37-14-11-19;7-6-4-2-1-3-5-6;1-5(2,3)4;1-2/h6-9,15-17,19,25,27,34,36H,4-5,10-14H2,1-3H3;1-5H;1-4H3;1-2H3/t17-,25?,27?,29-;;;/m0.../s1. The first kappa shape index (κ1) is 45.5. The number of hydrogen-bond acceptors (Lipinski definition) is 6. The second-order valence-electron chi connectivity index (χ2n) is 13.9. The van der Waals surface area contributed by atoms with Crippen molar-refractivity contribution in [2.75, 3.05) is 44.8 Å². The number of amides is 1. The summed E-state index contributed by atoms with van der Waals surface area (Å²) in [5.74, 6) is -2.98. The number of fused-ring (bicyclic) bond motifs is 1. The fourth-order valence-electron chi connectivity index (χ4n) is 6.11. The fourth-order valence-corrected chi connectivity index (χ4v) is 6.38. The summed E-state index contributed by atoms with van der Waals surface area (Å²) in [6, 6.07) is 17.8. The van der Waals surface area contributed by atoms with Gasteiger partial charge in [-0.25, -0.2) is 4.39 Å². The van der Waals surface area contributed by atoms with Crippen LogP contribution in [0.25, 0.3) is 0 Å². The van der Waals surface area contributed by atoms with Crippen molar-refractivity contribution < 1.29 is 33.7 Å². The van der Waals surface area contributed by atoms with Gasteiger partial charge in [0.15, 0.2) is 6.23 Å². The van der Waals surface area contributed by atoms with Crippen LogP contribution in [-0.4, -0.2) is 71.8 Å². The van der Waals surface area contributed by atoms with E-state index in [1.807, 2.05) is 58.0 Å². The van der Waals surface area contributed by atoms with Gasteiger partial charge in [0.05, 0.1) is 29.7 Å². The number of rotatable bonds is 9. The molecule has 0 aliphatic carbocycles. The van der Waals surface area contributed by atoms with Crippen molar-refractivity contribution in [3.05, 3.63) is 105 Å². The van der Waals surface area contributed by atoms with Gasteiger partial charge >= 0.3 is 5.97 Å². The molecular weight excluding hydrogens is 724 g/mol. The Kier molecular flexibility index (Phi) is 18.6. The Labute approximate surface area is 322 Å². The molecule has 11 heteroatoms. The lowest BCUT2D eigenvalue weighted by atomic mass is 9.75. The molecule has 2 unspecified atom stereocenters. The van der Waals surface area contributed by atoms with Crippen LogP contribution >= 0.6 is 33.2 Å². The largest absolute Gasteiger partial charge is 0.465 e. The van der Waals surface area contributed by atoms with E-state index in [0.717, 1.165) is 9.92 Å². The van der Waals surface area contributed by atoms with Crippen LogP contribution in [0.2, 0.25) is 10.0 Å². The van der Waals surface area contributed by atoms with E-state index in [1.165, 1.54) is 12.1 Å². The van der Waals surface area contributed by atoms with Crippen LogP contribution in [0.4, 0.5) is 4.39 Å². The number of aliphatic hydroxyl groups is 2. The number of aliphatic hydroxyl groups excluding tert-OH is 1. The second-order valence-corrected chi connectivity index (χ2v) is 19.6. The lowest BCUT2D eigenvalue weighted by molar-refractivity contribution is -0.151. The van der Waals surface area contributed by atoms with E-state index < -0.39 is 41.5 Å². The second kappa shape index (κ2) is 21.3. The van der Waals surface area contributed by atoms with Crippen molar-refractivity contribution in [1.82, 2.24) is 4.90 Å². The van der Waals surface area contributed by atoms with Crippen molar-refractivity contribution in [1.29, 1.82) is 0 Å². The summed E-state index contributed by atoms with van der Waals surface area (Å²) < 4.78 is 26.4. The summed E-state index contributed by atoms with van der Waals surface area (Å²) in [7, 11) is -0.167. The number of esters is 1. The highest BCUT2D eigenvalue weighted by Gasteiger charge is 2.47. The molecule has 1 amide bonds. The topological polar surface area (TPSA) is 96.3 Å². The predicted molar refractivity (Wildman–Crippen MR) is 214 cm³/mol. The van der Waals surface area contributed by atoms with Crippen molar-refractivity contribution >= 4 is 45.1 Å². The Morgan fingerprint density at radius 3 is 2.02 bits per heavy atom. The molecule has 1 fully saturated rings. The molecule has 3 aromatic rings. The molecule has 0 spiro atoms. The van der Waals surface area contributed by atoms with Crippen molar-refractivity contribution in [2.24, 2.45) is 11.8 Å². The molecule has 2 N–H and O–H groups in total. The van der Waals surface area contributed by atoms with E-state index in [0.29, 0.717) is 55.0 Å². The highest BCUT2D eigenvalue weighted by Crippen LogP contribution is 2.46. The number of carbonyl (C=O) groups is 2. The third-order valence-corrected chi connectivity index (χ3v) is 9.09. The Bertz CT molecular complexity index is 1540. The van der Waals surface area contributed by atoms with Crippen LogP contribution in [0.15, 0.2) is 66.7 Å². The van der Waals surface area contributed by atoms with E-state index in [1.54, 1.807) is 31.2 Å². The maximum atomic E-state index is 15.6. The minimum Gasteiger partial charge on any atom is -0.465 e. The zero-order valence-corrected chi connectivity index (χ0v) is 34.5. The van der Waals surface area contributed by atoms with E-state index >= 15 is 4.39 Å². The van der Waals surface area contributed by atoms with Gasteiger partial charge in [0.25, 0.3) is 5.91 Å². The lowest BCUT2D eigenvalue weighted by Crippen LogP contribution is -2.39. The summed E-state index contributed by atoms with van der Waals surface area (Å²) in [5.41, 5.74) is -0.713. The molecule has 2 aliphatic rings. The number of carbonyl (C=O) groups excluding carboxylic acids is 2. The summed E-state index contributed by atoms with van der Waals surface area (Å²) in [6.07, 6.45) is 9.63. The minimum absolute atomic E-state index is 0.0282. The highest BCUT2D eigenvalue weighted by atomic mass is 35.5. The van der Waals surface area contributed by atoms with E-state index in [9.17, 15) is 19.8 Å². The van der Waals surface area contributed by atoms with E-state index in [2.05, 4.69) is 25.0 Å². The number of ether oxygens (including phenoxy) is 2. The van der Waals surface area contributed by atoms with Crippen LogP contribution in [0.1, 0.15) is 99.6 Å². The Morgan fingerprint density at radius 2 is 1.54 bits per heavy atom. The maximum absolute atomic E-state index is 15.6. The fraction of sp³-hybridized carbons (Fsp3) is 0.512. The van der Waals surface area contributed by atoms with Gasteiger partial charge in [0.1, 0.15) is 5.82 Å². The zero-order valence-electron chi connectivity index (χ0n) is 32.1. The maximum Gasteiger partial charge on any atom is 0.311 e. The molecule has 1 saturated heterocycles. The van der Waals surface area contributed by atoms with E-state index in [4.69, 9.17) is 32.7 Å². The van der Waals surface area contributed by atoms with Gasteiger partial charge in [0, 0.05) is 28.8 Å². The zero-order chi connectivity index (χ0) is 39.2. The summed E-state index contributed by atoms with van der Waals surface area (Å²) in [4.78, 5) is 27.9. The smallest absolute Gasteiger partial charge is 0.311 e. The van der Waals surface area contributed by atoms with Gasteiger partial charge in [-0.3, -0.25) is 19.6 Å². The first-order valence-corrected chi connectivity index (χ1v) is 22.0. The SMILES string of the molecule is CC.CCCOC(=O)[C@@H](C)C(c1ccc(Cl)cc1)N1C(=O)c2cc([C@](O)(CC)C3CCOCC3)cc(F)c2C1O.CS(C)(C)C.Clc1ccccc1. The predicted octanol–water partition coefficient (Wildman–Crippen LogP) is 9.96. The van der Waals surface area contributed by atoms with Gasteiger partial charge < -0.3 is 24.6 Å². The Hall–Kier alpha value is -2.66. The van der Waals surface area contributed by atoms with Crippen molar-refractivity contribution in [3.8, 4) is 0 Å². The van der Waals surface area contributed by atoms with Crippen LogP contribution in [0.3, 0.4) is 0 Å². The summed E-state index contributed by atoms with van der Waals surface area (Å²) in [5, 5.41) is 24.2. The van der Waals surface area contributed by atoms with Crippen LogP contribution in [0.5, 0.6) is 0 Å². The number of halogens is 3. The third kappa shape index (κ3) is 12.5. The van der Waals surface area contributed by atoms with Crippen LogP contribution in [0, 0.1) is 17.7 Å². The molecule has 52 heavy (non-hydrogen) atoms. The number of benzene rings is 3. The minimum atomic E-state index is -1.63. The molecule has 7 nitrogen and oxygen atoms in total.